The highest BCUT2D eigenvalue weighted by atomic mass is 19.1. The summed E-state index contributed by atoms with van der Waals surface area (Å²) in [6.45, 7) is 5.42. The molecule has 0 aliphatic carbocycles. The van der Waals surface area contributed by atoms with Gasteiger partial charge in [0.1, 0.15) is 5.82 Å². The molecule has 0 aliphatic heterocycles. The Morgan fingerprint density at radius 2 is 1.94 bits per heavy atom. The minimum atomic E-state index is -0.183. The molecule has 0 saturated carbocycles. The maximum Gasteiger partial charge on any atom is 0.123 e. The normalized spacial score (nSPS) is 10.6. The first-order chi connectivity index (χ1) is 8.66. The van der Waals surface area contributed by atoms with Gasteiger partial charge in [0.25, 0.3) is 0 Å². The Kier molecular flexibility index (Phi) is 4.05. The molecule has 18 heavy (non-hydrogen) atoms. The summed E-state index contributed by atoms with van der Waals surface area (Å²) in [5, 5.41) is 3.33. The molecule has 1 aromatic heterocycles. The Bertz CT molecular complexity index is 538. The van der Waals surface area contributed by atoms with Crippen molar-refractivity contribution in [2.24, 2.45) is 0 Å². The first-order valence-corrected chi connectivity index (χ1v) is 6.03. The molecule has 2 rings (SSSR count). The van der Waals surface area contributed by atoms with Gasteiger partial charge in [-0.3, -0.25) is 4.98 Å². The first-order valence-electron chi connectivity index (χ1n) is 6.03. The quantitative estimate of drug-likeness (QED) is 0.893. The number of hydrogen-bond donors (Lipinski definition) is 1. The third-order valence-electron chi connectivity index (χ3n) is 3.03. The van der Waals surface area contributed by atoms with Gasteiger partial charge in [0.2, 0.25) is 0 Å². The molecule has 0 saturated heterocycles. The Labute approximate surface area is 107 Å². The summed E-state index contributed by atoms with van der Waals surface area (Å²) in [4.78, 5) is 4.32. The molecule has 0 atom stereocenters. The molecule has 0 radical (unpaired) electrons. The van der Waals surface area contributed by atoms with E-state index in [1.165, 1.54) is 11.6 Å². The van der Waals surface area contributed by atoms with Crippen LogP contribution in [0.2, 0.25) is 0 Å². The van der Waals surface area contributed by atoms with E-state index in [4.69, 9.17) is 0 Å². The molecule has 0 amide bonds. The Hall–Kier alpha value is -1.74. The molecule has 0 aliphatic rings. The van der Waals surface area contributed by atoms with Crippen molar-refractivity contribution >= 4 is 0 Å². The fourth-order valence-electron chi connectivity index (χ4n) is 1.88. The van der Waals surface area contributed by atoms with Crippen molar-refractivity contribution in [3.63, 3.8) is 0 Å². The van der Waals surface area contributed by atoms with Gasteiger partial charge in [0.15, 0.2) is 0 Å². The number of nitrogens with zero attached hydrogens (tertiary/aromatic N) is 1. The van der Waals surface area contributed by atoms with Gasteiger partial charge in [0.05, 0.1) is 5.69 Å². The zero-order chi connectivity index (χ0) is 13.0. The number of rotatable bonds is 4. The molecule has 1 heterocycles. The summed E-state index contributed by atoms with van der Waals surface area (Å²) in [5.74, 6) is -0.183. The maximum absolute atomic E-state index is 13.0. The van der Waals surface area contributed by atoms with E-state index in [0.29, 0.717) is 0 Å². The number of aryl methyl sites for hydroxylation is 2. The number of hydrogen-bond acceptors (Lipinski definition) is 2. The van der Waals surface area contributed by atoms with Crippen LogP contribution >= 0.6 is 0 Å². The summed E-state index contributed by atoms with van der Waals surface area (Å²) in [6.07, 6.45) is 1.80. The number of halogens is 1. The summed E-state index contributed by atoms with van der Waals surface area (Å²) in [7, 11) is 0. The highest BCUT2D eigenvalue weighted by Gasteiger charge is 2.01. The topological polar surface area (TPSA) is 24.9 Å². The molecule has 2 aromatic rings. The van der Waals surface area contributed by atoms with Crippen molar-refractivity contribution in [3.8, 4) is 0 Å². The van der Waals surface area contributed by atoms with E-state index in [1.54, 1.807) is 12.3 Å². The molecule has 1 N–H and O–H groups in total. The van der Waals surface area contributed by atoms with Gasteiger partial charge in [-0.05, 0) is 48.7 Å². The molecule has 2 nitrogen and oxygen atoms in total. The van der Waals surface area contributed by atoms with Crippen molar-refractivity contribution in [2.45, 2.75) is 26.9 Å². The molecular weight excluding hydrogens is 227 g/mol. The lowest BCUT2D eigenvalue weighted by atomic mass is 10.1. The van der Waals surface area contributed by atoms with Gasteiger partial charge in [-0.2, -0.15) is 0 Å². The highest BCUT2D eigenvalue weighted by molar-refractivity contribution is 5.26. The van der Waals surface area contributed by atoms with E-state index in [1.807, 2.05) is 32.0 Å². The summed E-state index contributed by atoms with van der Waals surface area (Å²) in [6, 6.07) is 8.86. The smallest absolute Gasteiger partial charge is 0.123 e. The molecule has 0 unspecified atom stereocenters. The van der Waals surface area contributed by atoms with Gasteiger partial charge >= 0.3 is 0 Å². The van der Waals surface area contributed by atoms with Crippen molar-refractivity contribution in [3.05, 3.63) is 64.7 Å². The van der Waals surface area contributed by atoms with Crippen LogP contribution in [0.4, 0.5) is 4.39 Å². The molecule has 94 valence electrons. The van der Waals surface area contributed by atoms with Gasteiger partial charge < -0.3 is 5.32 Å². The van der Waals surface area contributed by atoms with E-state index >= 15 is 0 Å². The van der Waals surface area contributed by atoms with Crippen LogP contribution in [0.15, 0.2) is 36.5 Å². The molecule has 0 spiro atoms. The van der Waals surface area contributed by atoms with Crippen LogP contribution in [0.1, 0.15) is 22.4 Å². The molecule has 1 aromatic carbocycles. The largest absolute Gasteiger partial charge is 0.307 e. The standard InChI is InChI=1S/C15H17FN2/c1-11-4-3-7-18-15(11)10-17-9-13-5-6-14(16)8-12(13)2/h3-8,17H,9-10H2,1-2H3. The van der Waals surface area contributed by atoms with Crippen LogP contribution < -0.4 is 5.32 Å². The Morgan fingerprint density at radius 1 is 1.11 bits per heavy atom. The zero-order valence-electron chi connectivity index (χ0n) is 10.7. The first kappa shape index (κ1) is 12.7. The molecule has 0 fully saturated rings. The molecule has 3 heteroatoms. The van der Waals surface area contributed by atoms with Gasteiger partial charge in [-0.25, -0.2) is 4.39 Å². The minimum absolute atomic E-state index is 0.183. The monoisotopic (exact) mass is 244 g/mol. The van der Waals surface area contributed by atoms with E-state index in [-0.39, 0.29) is 5.82 Å². The average molecular weight is 244 g/mol. The lowest BCUT2D eigenvalue weighted by molar-refractivity contribution is 0.622. The van der Waals surface area contributed by atoms with Gasteiger partial charge in [-0.15, -0.1) is 0 Å². The van der Waals surface area contributed by atoms with E-state index in [2.05, 4.69) is 10.3 Å². The van der Waals surface area contributed by atoms with Crippen LogP contribution in [0.3, 0.4) is 0 Å². The van der Waals surface area contributed by atoms with Crippen LogP contribution in [0.5, 0.6) is 0 Å². The number of aromatic nitrogens is 1. The van der Waals surface area contributed by atoms with Crippen LogP contribution in [0, 0.1) is 19.7 Å². The highest BCUT2D eigenvalue weighted by Crippen LogP contribution is 2.10. The fourth-order valence-corrected chi connectivity index (χ4v) is 1.88. The van der Waals surface area contributed by atoms with E-state index in [0.717, 1.165) is 29.9 Å². The third kappa shape index (κ3) is 3.14. The summed E-state index contributed by atoms with van der Waals surface area (Å²) >= 11 is 0. The predicted octanol–water partition coefficient (Wildman–Crippen LogP) is 3.13. The van der Waals surface area contributed by atoms with Crippen LogP contribution in [-0.4, -0.2) is 4.98 Å². The number of benzene rings is 1. The van der Waals surface area contributed by atoms with Crippen molar-refractivity contribution in [1.82, 2.24) is 10.3 Å². The average Bonchev–Trinajstić information content (AvgIpc) is 2.34. The van der Waals surface area contributed by atoms with Crippen molar-refractivity contribution in [1.29, 1.82) is 0 Å². The van der Waals surface area contributed by atoms with Crippen molar-refractivity contribution < 1.29 is 4.39 Å². The van der Waals surface area contributed by atoms with Gasteiger partial charge in [0, 0.05) is 19.3 Å². The van der Waals surface area contributed by atoms with E-state index in [9.17, 15) is 4.39 Å². The lowest BCUT2D eigenvalue weighted by Gasteiger charge is -2.09. The second-order valence-electron chi connectivity index (χ2n) is 4.44. The van der Waals surface area contributed by atoms with Gasteiger partial charge in [-0.1, -0.05) is 12.1 Å². The number of pyridine rings is 1. The maximum atomic E-state index is 13.0. The van der Waals surface area contributed by atoms with E-state index < -0.39 is 0 Å². The van der Waals surface area contributed by atoms with Crippen molar-refractivity contribution in [2.75, 3.05) is 0 Å². The third-order valence-corrected chi connectivity index (χ3v) is 3.03. The SMILES string of the molecule is Cc1cc(F)ccc1CNCc1ncccc1C. The summed E-state index contributed by atoms with van der Waals surface area (Å²) in [5.41, 5.74) is 4.32. The second-order valence-corrected chi connectivity index (χ2v) is 4.44. The Morgan fingerprint density at radius 3 is 2.67 bits per heavy atom. The summed E-state index contributed by atoms with van der Waals surface area (Å²) < 4.78 is 13.0. The molecule has 0 bridgehead atoms. The minimum Gasteiger partial charge on any atom is -0.307 e. The zero-order valence-corrected chi connectivity index (χ0v) is 10.7. The lowest BCUT2D eigenvalue weighted by Crippen LogP contribution is -2.15. The predicted molar refractivity (Wildman–Crippen MR) is 70.7 cm³/mol. The molecular formula is C15H17FN2. The second kappa shape index (κ2) is 5.74. The Balaban J connectivity index is 1.95. The fraction of sp³-hybridized carbons (Fsp3) is 0.267. The number of nitrogens with one attached hydrogen (secondary N) is 1. The van der Waals surface area contributed by atoms with Crippen LogP contribution in [0.25, 0.3) is 0 Å². The van der Waals surface area contributed by atoms with Crippen LogP contribution in [-0.2, 0) is 13.1 Å².